The van der Waals surface area contributed by atoms with Crippen LogP contribution in [0.25, 0.3) is 11.0 Å². The van der Waals surface area contributed by atoms with E-state index in [4.69, 9.17) is 37.7 Å². The summed E-state index contributed by atoms with van der Waals surface area (Å²) < 4.78 is 12.9. The number of aryl methyl sites for hydroxylation is 1. The minimum atomic E-state index is 0.181. The van der Waals surface area contributed by atoms with Crippen LogP contribution < -0.4 is 15.4 Å². The van der Waals surface area contributed by atoms with Crippen LogP contribution in [-0.4, -0.2) is 38.8 Å². The molecular formula is C22H20Cl2N6O2. The second-order valence-electron chi connectivity index (χ2n) is 7.48. The van der Waals surface area contributed by atoms with Crippen LogP contribution in [0.3, 0.4) is 0 Å². The van der Waals surface area contributed by atoms with Crippen molar-refractivity contribution in [1.29, 1.82) is 0 Å². The van der Waals surface area contributed by atoms with Crippen molar-refractivity contribution in [3.63, 3.8) is 0 Å². The van der Waals surface area contributed by atoms with Crippen LogP contribution in [-0.2, 0) is 18.3 Å². The number of nitrogens with one attached hydrogen (secondary N) is 2. The minimum absolute atomic E-state index is 0.181. The fraction of sp³-hybridized carbons (Fsp3) is 0.227. The Hall–Kier alpha value is -3.07. The van der Waals surface area contributed by atoms with Gasteiger partial charge in [-0.25, -0.2) is 15.0 Å². The van der Waals surface area contributed by atoms with Crippen molar-refractivity contribution in [1.82, 2.24) is 19.5 Å². The highest BCUT2D eigenvalue weighted by molar-refractivity contribution is 6.32. The Morgan fingerprint density at radius 1 is 1.12 bits per heavy atom. The number of anilines is 2. The van der Waals surface area contributed by atoms with Crippen molar-refractivity contribution in [2.24, 2.45) is 7.05 Å². The zero-order valence-corrected chi connectivity index (χ0v) is 18.7. The largest absolute Gasteiger partial charge is 0.423 e. The Kier molecular flexibility index (Phi) is 5.73. The van der Waals surface area contributed by atoms with Crippen LogP contribution >= 0.6 is 23.2 Å². The number of hydrogen-bond acceptors (Lipinski definition) is 7. The number of halogens is 2. The van der Waals surface area contributed by atoms with Gasteiger partial charge in [-0.2, -0.15) is 0 Å². The number of nitrogens with zero attached hydrogens (tertiary/aromatic N) is 4. The summed E-state index contributed by atoms with van der Waals surface area (Å²) in [6.45, 7) is 2.05. The molecule has 0 spiro atoms. The first kappa shape index (κ1) is 20.8. The normalized spacial score (nSPS) is 13.7. The molecule has 8 nitrogen and oxygen atoms in total. The summed E-state index contributed by atoms with van der Waals surface area (Å²) in [6.07, 6.45) is 2.93. The molecule has 32 heavy (non-hydrogen) atoms. The zero-order chi connectivity index (χ0) is 22.1. The molecule has 0 saturated carbocycles. The van der Waals surface area contributed by atoms with Crippen molar-refractivity contribution in [2.45, 2.75) is 12.6 Å². The standard InChI is InChI=1S/C22H20Cl2N6O2/c1-30-19-7-15(28-16-11-31-12-16)3-4-18(19)29-21(30)25-8-13-2-5-20(17(24)6-13)32-22-26-9-14(23)10-27-22/h2-7,9-10,16,28H,8,11-12H2,1H3,(H,25,29). The molecule has 0 unspecified atom stereocenters. The topological polar surface area (TPSA) is 86.1 Å². The van der Waals surface area contributed by atoms with E-state index in [9.17, 15) is 0 Å². The molecule has 0 atom stereocenters. The van der Waals surface area contributed by atoms with Crippen molar-refractivity contribution >= 4 is 45.9 Å². The summed E-state index contributed by atoms with van der Waals surface area (Å²) in [4.78, 5) is 12.7. The number of imidazole rings is 1. The van der Waals surface area contributed by atoms with Gasteiger partial charge in [0.2, 0.25) is 5.95 Å². The number of rotatable bonds is 7. The maximum Gasteiger partial charge on any atom is 0.322 e. The van der Waals surface area contributed by atoms with Gasteiger partial charge in [0.05, 0.1) is 52.7 Å². The minimum Gasteiger partial charge on any atom is -0.423 e. The van der Waals surface area contributed by atoms with Crippen LogP contribution in [0.1, 0.15) is 5.56 Å². The van der Waals surface area contributed by atoms with Crippen LogP contribution in [0.15, 0.2) is 48.8 Å². The van der Waals surface area contributed by atoms with Gasteiger partial charge in [-0.1, -0.05) is 29.3 Å². The van der Waals surface area contributed by atoms with E-state index in [1.54, 1.807) is 6.07 Å². The average molecular weight is 471 g/mol. The van der Waals surface area contributed by atoms with Gasteiger partial charge in [-0.3, -0.25) is 0 Å². The highest BCUT2D eigenvalue weighted by Gasteiger charge is 2.18. The van der Waals surface area contributed by atoms with E-state index in [2.05, 4.69) is 26.7 Å². The second-order valence-corrected chi connectivity index (χ2v) is 8.32. The molecule has 1 saturated heterocycles. The smallest absolute Gasteiger partial charge is 0.322 e. The molecule has 0 radical (unpaired) electrons. The van der Waals surface area contributed by atoms with Gasteiger partial charge in [0, 0.05) is 19.3 Å². The first-order valence-electron chi connectivity index (χ1n) is 10.0. The lowest BCUT2D eigenvalue weighted by atomic mass is 10.2. The molecule has 3 heterocycles. The van der Waals surface area contributed by atoms with Crippen molar-refractivity contribution in [3.8, 4) is 11.8 Å². The fourth-order valence-electron chi connectivity index (χ4n) is 3.36. The van der Waals surface area contributed by atoms with E-state index in [-0.39, 0.29) is 6.01 Å². The summed E-state index contributed by atoms with van der Waals surface area (Å²) in [7, 11) is 1.99. The Balaban J connectivity index is 1.27. The highest BCUT2D eigenvalue weighted by Crippen LogP contribution is 2.29. The molecule has 0 aliphatic carbocycles. The van der Waals surface area contributed by atoms with Gasteiger partial charge < -0.3 is 24.7 Å². The van der Waals surface area contributed by atoms with Crippen LogP contribution in [0.5, 0.6) is 11.8 Å². The summed E-state index contributed by atoms with van der Waals surface area (Å²) in [5.74, 6) is 1.24. The summed E-state index contributed by atoms with van der Waals surface area (Å²) >= 11 is 12.2. The monoisotopic (exact) mass is 470 g/mol. The lowest BCUT2D eigenvalue weighted by Crippen LogP contribution is -2.40. The van der Waals surface area contributed by atoms with Crippen LogP contribution in [0, 0.1) is 0 Å². The third-order valence-electron chi connectivity index (χ3n) is 5.13. The van der Waals surface area contributed by atoms with Crippen LogP contribution in [0.2, 0.25) is 10.0 Å². The van der Waals surface area contributed by atoms with Gasteiger partial charge in [-0.05, 0) is 35.9 Å². The fourth-order valence-corrected chi connectivity index (χ4v) is 3.70. The maximum absolute atomic E-state index is 6.39. The third kappa shape index (κ3) is 4.43. The Bertz CT molecular complexity index is 1260. The molecule has 0 bridgehead atoms. The summed E-state index contributed by atoms with van der Waals surface area (Å²) in [5, 5.41) is 7.74. The SMILES string of the molecule is Cn1c(NCc2ccc(Oc3ncc(Cl)cn3)c(Cl)c2)nc2ccc(NC3COC3)cc21. The Labute approximate surface area is 194 Å². The van der Waals surface area contributed by atoms with Crippen molar-refractivity contribution in [3.05, 3.63) is 64.4 Å². The first-order valence-corrected chi connectivity index (χ1v) is 10.8. The molecule has 164 valence electrons. The van der Waals surface area contributed by atoms with Gasteiger partial charge in [0.1, 0.15) is 5.75 Å². The molecule has 10 heteroatoms. The second kappa shape index (κ2) is 8.82. The van der Waals surface area contributed by atoms with E-state index >= 15 is 0 Å². The quantitative estimate of drug-likeness (QED) is 0.397. The summed E-state index contributed by atoms with van der Waals surface area (Å²) in [6, 6.07) is 12.3. The molecule has 0 amide bonds. The van der Waals surface area contributed by atoms with Gasteiger partial charge in [0.15, 0.2) is 0 Å². The molecule has 4 aromatic rings. The van der Waals surface area contributed by atoms with Crippen LogP contribution in [0.4, 0.5) is 11.6 Å². The van der Waals surface area contributed by atoms with Crippen molar-refractivity contribution in [2.75, 3.05) is 23.8 Å². The zero-order valence-electron chi connectivity index (χ0n) is 17.2. The average Bonchev–Trinajstić information content (AvgIpc) is 3.08. The number of benzene rings is 2. The third-order valence-corrected chi connectivity index (χ3v) is 5.63. The lowest BCUT2D eigenvalue weighted by molar-refractivity contribution is 0.0211. The molecule has 1 aliphatic heterocycles. The van der Waals surface area contributed by atoms with E-state index in [1.807, 2.05) is 35.9 Å². The first-order chi connectivity index (χ1) is 15.5. The number of hydrogen-bond donors (Lipinski definition) is 2. The summed E-state index contributed by atoms with van der Waals surface area (Å²) in [5.41, 5.74) is 4.02. The molecule has 1 aliphatic rings. The molecule has 2 aromatic heterocycles. The molecule has 1 fully saturated rings. The number of aromatic nitrogens is 4. The predicted octanol–water partition coefficient (Wildman–Crippen LogP) is 4.89. The van der Waals surface area contributed by atoms with E-state index < -0.39 is 0 Å². The predicted molar refractivity (Wildman–Crippen MR) is 125 cm³/mol. The van der Waals surface area contributed by atoms with Gasteiger partial charge in [-0.15, -0.1) is 0 Å². The lowest BCUT2D eigenvalue weighted by Gasteiger charge is -2.27. The highest BCUT2D eigenvalue weighted by atomic mass is 35.5. The molecule has 2 aromatic carbocycles. The molecule has 5 rings (SSSR count). The Morgan fingerprint density at radius 3 is 2.66 bits per heavy atom. The maximum atomic E-state index is 6.39. The van der Waals surface area contributed by atoms with E-state index in [1.165, 1.54) is 12.4 Å². The van der Waals surface area contributed by atoms with Gasteiger partial charge >= 0.3 is 6.01 Å². The number of ether oxygens (including phenoxy) is 2. The van der Waals surface area contributed by atoms with E-state index in [0.29, 0.717) is 28.4 Å². The Morgan fingerprint density at radius 2 is 1.94 bits per heavy atom. The van der Waals surface area contributed by atoms with Gasteiger partial charge in [0.25, 0.3) is 0 Å². The molecule has 2 N–H and O–H groups in total. The molecular weight excluding hydrogens is 451 g/mol. The number of fused-ring (bicyclic) bond motifs is 1. The van der Waals surface area contributed by atoms with E-state index in [0.717, 1.165) is 41.4 Å². The van der Waals surface area contributed by atoms with Crippen molar-refractivity contribution < 1.29 is 9.47 Å².